The standard InChI is InChI=1S/C38H51FN2O8Si/c1-10-12-17-46-32-22(15-14-16-42)21-26(39)24-19-23-20-25-30(41(6)7)33-29(36(40-48-33)47-18-13-11-2)35(45)38(25,49-50(8,9)37(3,4)5)34(44)27(23)31(43)28(24)32/h14-16,21,23,25,30,43H,10-13,17-20H2,1-9H3/b15-14+/t23-,25-,30-,38-/m0/s1. The van der Waals surface area contributed by atoms with E-state index in [0.29, 0.717) is 25.1 Å². The molecule has 50 heavy (non-hydrogen) atoms. The fourth-order valence-corrected chi connectivity index (χ4v) is 8.76. The minimum absolute atomic E-state index is 0.0166. The highest BCUT2D eigenvalue weighted by Gasteiger charge is 2.69. The molecule has 1 saturated carbocycles. The number of hydrogen-bond donors (Lipinski definition) is 1. The summed E-state index contributed by atoms with van der Waals surface area (Å²) in [5, 5.41) is 16.0. The monoisotopic (exact) mass is 710 g/mol. The molecule has 2 aromatic rings. The molecule has 0 spiro atoms. The van der Waals surface area contributed by atoms with E-state index in [2.05, 4.69) is 5.16 Å². The first-order valence-corrected chi connectivity index (χ1v) is 20.6. The third kappa shape index (κ3) is 6.17. The molecule has 4 atom stereocenters. The highest BCUT2D eigenvalue weighted by molar-refractivity contribution is 6.74. The van der Waals surface area contributed by atoms with Gasteiger partial charge in [-0.3, -0.25) is 19.3 Å². The fraction of sp³-hybridized carbons (Fsp3) is 0.579. The van der Waals surface area contributed by atoms with Gasteiger partial charge in [-0.15, -0.1) is 0 Å². The Balaban J connectivity index is 1.80. The van der Waals surface area contributed by atoms with Crippen LogP contribution in [0.3, 0.4) is 0 Å². The number of unbranched alkanes of at least 4 members (excludes halogenated alkanes) is 2. The molecule has 1 N–H and O–H groups in total. The van der Waals surface area contributed by atoms with E-state index in [-0.39, 0.29) is 58.9 Å². The van der Waals surface area contributed by atoms with Crippen LogP contribution in [0.4, 0.5) is 4.39 Å². The number of aromatic nitrogens is 1. The van der Waals surface area contributed by atoms with Crippen molar-refractivity contribution in [3.63, 3.8) is 0 Å². The maximum absolute atomic E-state index is 16.0. The van der Waals surface area contributed by atoms with E-state index in [1.165, 1.54) is 18.2 Å². The van der Waals surface area contributed by atoms with Crippen molar-refractivity contribution in [1.82, 2.24) is 10.1 Å². The van der Waals surface area contributed by atoms with Crippen molar-refractivity contribution in [3.8, 4) is 11.6 Å². The SMILES string of the molecule is CCCCOc1noc2c1C(=O)[C@@]1(O[Si](C)(C)C(C)(C)C)C(=O)C3=C(O)c4c(c(F)cc(/C=C/C=O)c4OCCCC)C[C@H]3C[C@H]1[C@@H]2N(C)C. The number of halogens is 1. The third-order valence-electron chi connectivity index (χ3n) is 10.9. The lowest BCUT2D eigenvalue weighted by atomic mass is 9.57. The number of fused-ring (bicyclic) bond motifs is 4. The molecule has 0 saturated heterocycles. The highest BCUT2D eigenvalue weighted by Crippen LogP contribution is 2.59. The molecule has 1 fully saturated rings. The number of ether oxygens (including phenoxy) is 2. The van der Waals surface area contributed by atoms with Crippen molar-refractivity contribution in [1.29, 1.82) is 0 Å². The van der Waals surface area contributed by atoms with Crippen molar-refractivity contribution in [2.45, 2.75) is 103 Å². The van der Waals surface area contributed by atoms with Crippen molar-refractivity contribution < 1.29 is 42.3 Å². The number of allylic oxidation sites excluding steroid dienone is 1. The average Bonchev–Trinajstić information content (AvgIpc) is 3.45. The molecule has 12 heteroatoms. The summed E-state index contributed by atoms with van der Waals surface area (Å²) in [6, 6.07) is 0.674. The van der Waals surface area contributed by atoms with Gasteiger partial charge in [0.15, 0.2) is 19.7 Å². The molecule has 1 aromatic heterocycles. The summed E-state index contributed by atoms with van der Waals surface area (Å²) in [5.41, 5.74) is -1.42. The maximum atomic E-state index is 16.0. The quantitative estimate of drug-likeness (QED) is 0.0727. The van der Waals surface area contributed by atoms with Gasteiger partial charge in [0.2, 0.25) is 11.6 Å². The Morgan fingerprint density at radius 2 is 1.76 bits per heavy atom. The molecule has 3 aliphatic rings. The molecule has 5 rings (SSSR count). The van der Waals surface area contributed by atoms with Crippen LogP contribution in [-0.4, -0.2) is 74.2 Å². The first-order valence-electron chi connectivity index (χ1n) is 17.7. The largest absolute Gasteiger partial charge is 0.507 e. The van der Waals surface area contributed by atoms with Crippen LogP contribution in [0.1, 0.15) is 106 Å². The minimum atomic E-state index is -2.91. The van der Waals surface area contributed by atoms with E-state index in [1.54, 1.807) is 0 Å². The Kier molecular flexibility index (Phi) is 10.7. The van der Waals surface area contributed by atoms with Gasteiger partial charge in [-0.2, -0.15) is 0 Å². The number of carbonyl (C=O) groups is 3. The van der Waals surface area contributed by atoms with Gasteiger partial charge < -0.3 is 23.5 Å². The van der Waals surface area contributed by atoms with Crippen molar-refractivity contribution >= 4 is 38.0 Å². The summed E-state index contributed by atoms with van der Waals surface area (Å²) >= 11 is 0. The second-order valence-corrected chi connectivity index (χ2v) is 20.2. The van der Waals surface area contributed by atoms with Gasteiger partial charge in [0, 0.05) is 22.6 Å². The average molecular weight is 711 g/mol. The van der Waals surface area contributed by atoms with Crippen LogP contribution in [0.15, 0.2) is 22.2 Å². The summed E-state index contributed by atoms with van der Waals surface area (Å²) < 4.78 is 41.1. The van der Waals surface area contributed by atoms with E-state index < -0.39 is 60.0 Å². The second-order valence-electron chi connectivity index (χ2n) is 15.4. The highest BCUT2D eigenvalue weighted by atomic mass is 28.4. The van der Waals surface area contributed by atoms with Gasteiger partial charge in [-0.1, -0.05) is 47.5 Å². The predicted octanol–water partition coefficient (Wildman–Crippen LogP) is 7.67. The summed E-state index contributed by atoms with van der Waals surface area (Å²) in [6.07, 6.45) is 6.63. The number of carbonyl (C=O) groups excluding carboxylic acids is 3. The first-order chi connectivity index (χ1) is 23.6. The lowest BCUT2D eigenvalue weighted by Gasteiger charge is -2.55. The summed E-state index contributed by atoms with van der Waals surface area (Å²) in [7, 11) is 0.786. The third-order valence-corrected chi connectivity index (χ3v) is 15.3. The number of benzene rings is 1. The molecule has 3 aliphatic carbocycles. The molecular weight excluding hydrogens is 660 g/mol. The van der Waals surface area contributed by atoms with Crippen LogP contribution in [0.25, 0.3) is 11.8 Å². The van der Waals surface area contributed by atoms with E-state index in [0.717, 1.165) is 19.3 Å². The van der Waals surface area contributed by atoms with E-state index in [4.69, 9.17) is 18.4 Å². The summed E-state index contributed by atoms with van der Waals surface area (Å²) in [6.45, 7) is 14.7. The lowest BCUT2D eigenvalue weighted by Crippen LogP contribution is -2.68. The van der Waals surface area contributed by atoms with Gasteiger partial charge >= 0.3 is 0 Å². The van der Waals surface area contributed by atoms with Crippen LogP contribution >= 0.6 is 0 Å². The molecular formula is C38H51FN2O8Si. The minimum Gasteiger partial charge on any atom is -0.507 e. The maximum Gasteiger partial charge on any atom is 0.265 e. The Bertz CT molecular complexity index is 1720. The normalized spacial score (nSPS) is 23.5. The van der Waals surface area contributed by atoms with Crippen LogP contribution in [0.2, 0.25) is 18.1 Å². The number of aldehydes is 1. The van der Waals surface area contributed by atoms with Gasteiger partial charge in [0.1, 0.15) is 29.2 Å². The number of ketones is 2. The molecule has 1 heterocycles. The summed E-state index contributed by atoms with van der Waals surface area (Å²) in [4.78, 5) is 43.8. The zero-order chi connectivity index (χ0) is 36.8. The van der Waals surface area contributed by atoms with Crippen molar-refractivity contribution in [2.24, 2.45) is 11.8 Å². The molecule has 10 nitrogen and oxygen atoms in total. The van der Waals surface area contributed by atoms with Gasteiger partial charge in [-0.05, 0) is 87.2 Å². The topological polar surface area (TPSA) is 128 Å². The molecule has 272 valence electrons. The summed E-state index contributed by atoms with van der Waals surface area (Å²) in [5.74, 6) is -3.16. The van der Waals surface area contributed by atoms with Gasteiger partial charge in [-0.25, -0.2) is 4.39 Å². The van der Waals surface area contributed by atoms with Crippen molar-refractivity contribution in [2.75, 3.05) is 27.3 Å². The number of nitrogens with zero attached hydrogens (tertiary/aromatic N) is 2. The molecule has 0 radical (unpaired) electrons. The number of hydrogen-bond acceptors (Lipinski definition) is 10. The van der Waals surface area contributed by atoms with E-state index in [9.17, 15) is 9.90 Å². The number of Topliss-reactive ketones (excluding diaryl/α,β-unsaturated/α-hetero) is 2. The molecule has 0 aliphatic heterocycles. The zero-order valence-corrected chi connectivity index (χ0v) is 31.8. The Labute approximate surface area is 295 Å². The van der Waals surface area contributed by atoms with Crippen molar-refractivity contribution in [3.05, 3.63) is 51.5 Å². The molecule has 0 bridgehead atoms. The Morgan fingerprint density at radius 1 is 1.10 bits per heavy atom. The van der Waals surface area contributed by atoms with Crippen LogP contribution in [-0.2, 0) is 20.4 Å². The molecule has 0 unspecified atom stereocenters. The van der Waals surface area contributed by atoms with Crippen LogP contribution < -0.4 is 9.47 Å². The van der Waals surface area contributed by atoms with E-state index >= 15 is 14.0 Å². The fourth-order valence-electron chi connectivity index (χ4n) is 7.31. The van der Waals surface area contributed by atoms with Crippen LogP contribution in [0.5, 0.6) is 11.6 Å². The number of aliphatic hydroxyl groups excluding tert-OH is 1. The Morgan fingerprint density at radius 3 is 2.36 bits per heavy atom. The van der Waals surface area contributed by atoms with Crippen LogP contribution in [0, 0.1) is 17.7 Å². The number of rotatable bonds is 13. The smallest absolute Gasteiger partial charge is 0.265 e. The first kappa shape index (κ1) is 37.6. The Hall–Kier alpha value is -3.61. The lowest BCUT2D eigenvalue weighted by molar-refractivity contribution is -0.140. The zero-order valence-electron chi connectivity index (χ0n) is 30.8. The molecule has 0 amide bonds. The van der Waals surface area contributed by atoms with Gasteiger partial charge in [0.25, 0.3) is 5.88 Å². The number of aliphatic hydroxyl groups is 1. The second kappa shape index (κ2) is 14.2. The predicted molar refractivity (Wildman–Crippen MR) is 190 cm³/mol. The molecule has 1 aromatic carbocycles. The van der Waals surface area contributed by atoms with Gasteiger partial charge in [0.05, 0.1) is 24.8 Å². The van der Waals surface area contributed by atoms with E-state index in [1.807, 2.05) is 66.7 Å².